The molecule has 2 saturated heterocycles. The van der Waals surface area contributed by atoms with Gasteiger partial charge in [-0.3, -0.25) is 9.59 Å². The maximum Gasteiger partial charge on any atom is 0.341 e. The number of aromatic nitrogens is 4. The van der Waals surface area contributed by atoms with Crippen LogP contribution in [0.4, 0.5) is 11.4 Å². The van der Waals surface area contributed by atoms with Crippen molar-refractivity contribution in [3.63, 3.8) is 0 Å². The van der Waals surface area contributed by atoms with E-state index in [1.165, 1.54) is 12.3 Å². The zero-order valence-corrected chi connectivity index (χ0v) is 32.9. The first-order valence-electron chi connectivity index (χ1n) is 19.3. The van der Waals surface area contributed by atoms with E-state index in [1.54, 1.807) is 17.3 Å². The topological polar surface area (TPSA) is 251 Å². The smallest absolute Gasteiger partial charge is 0.341 e. The summed E-state index contributed by atoms with van der Waals surface area (Å²) in [6.45, 7) is 12.1. The van der Waals surface area contributed by atoms with Gasteiger partial charge < -0.3 is 45.4 Å². The van der Waals surface area contributed by atoms with Crippen LogP contribution in [0, 0.1) is 34.5 Å². The van der Waals surface area contributed by atoms with Gasteiger partial charge in [0.15, 0.2) is 0 Å². The Balaban J connectivity index is 0.000000224. The number of carboxylic acid groups (broad SMARTS) is 1. The standard InChI is InChI=1S/C20H25N5O3.C17H24N4O2.C3H3NO2/c1-3-10-28-20(27)15-11-23-19-14(5-8-22-19)18(15)24-16-12-25(9-6-13(16)2)17(26)4-7-21;1-3-8-23-17(22)13-9-20-16-12(5-7-19-16)15(13)21-14-10-18-6-4-11(14)2;4-2-1-3(5)6/h5,8,11,13,16H,3-4,6,9-10,12H2,1-2H3,(H2,22,23,24);5,7,9,11,14,18H,3-4,6,8,10H2,1-2H3,(H2,19,20,21);1H2,(H,5,6)/t13-,16+;11-,14+;/m11./s1. The van der Waals surface area contributed by atoms with Gasteiger partial charge in [0.05, 0.1) is 36.7 Å². The number of nitriles is 2. The fraction of sp³-hybridized carbons (Fsp3) is 0.500. The van der Waals surface area contributed by atoms with Gasteiger partial charge in [0.1, 0.15) is 35.3 Å². The number of nitrogens with zero attached hydrogens (tertiary/aromatic N) is 5. The molecule has 6 N–H and O–H groups in total. The number of likely N-dealkylation sites (tertiary alicyclic amines) is 1. The lowest BCUT2D eigenvalue weighted by Crippen LogP contribution is -2.49. The van der Waals surface area contributed by atoms with E-state index in [-0.39, 0.29) is 30.4 Å². The Morgan fingerprint density at radius 2 is 1.37 bits per heavy atom. The number of hydrogen-bond acceptors (Lipinski definition) is 13. The maximum absolute atomic E-state index is 12.6. The summed E-state index contributed by atoms with van der Waals surface area (Å²) in [4.78, 5) is 63.0. The highest BCUT2D eigenvalue weighted by molar-refractivity contribution is 6.05. The van der Waals surface area contributed by atoms with Gasteiger partial charge in [-0.25, -0.2) is 19.6 Å². The molecule has 6 rings (SSSR count). The lowest BCUT2D eigenvalue weighted by atomic mass is 9.92. The predicted octanol–water partition coefficient (Wildman–Crippen LogP) is 5.22. The summed E-state index contributed by atoms with van der Waals surface area (Å²) in [6, 6.07) is 7.44. The van der Waals surface area contributed by atoms with E-state index in [9.17, 15) is 19.2 Å². The molecule has 0 bridgehead atoms. The molecule has 4 aromatic rings. The second-order valence-corrected chi connectivity index (χ2v) is 14.0. The molecule has 304 valence electrons. The van der Waals surface area contributed by atoms with E-state index in [0.717, 1.165) is 60.9 Å². The largest absolute Gasteiger partial charge is 0.480 e. The van der Waals surface area contributed by atoms with Gasteiger partial charge in [0.2, 0.25) is 5.91 Å². The first kappa shape index (κ1) is 43.5. The molecule has 17 nitrogen and oxygen atoms in total. The Morgan fingerprint density at radius 3 is 1.84 bits per heavy atom. The molecule has 4 aromatic heterocycles. The molecule has 0 radical (unpaired) electrons. The Labute approximate surface area is 331 Å². The second kappa shape index (κ2) is 21.8. The quantitative estimate of drug-likeness (QED) is 0.101. The minimum absolute atomic E-state index is 0.0467. The number of piperidine rings is 2. The molecular weight excluding hydrogens is 733 g/mol. The number of fused-ring (bicyclic) bond motifs is 2. The molecule has 57 heavy (non-hydrogen) atoms. The Morgan fingerprint density at radius 1 is 0.842 bits per heavy atom. The third-order valence-electron chi connectivity index (χ3n) is 9.75. The zero-order valence-electron chi connectivity index (χ0n) is 32.9. The van der Waals surface area contributed by atoms with E-state index >= 15 is 0 Å². The summed E-state index contributed by atoms with van der Waals surface area (Å²) in [5, 5.41) is 36.3. The molecule has 2 fully saturated rings. The van der Waals surface area contributed by atoms with E-state index in [4.69, 9.17) is 25.1 Å². The number of ether oxygens (including phenoxy) is 2. The number of carbonyl (C=O) groups is 4. The summed E-state index contributed by atoms with van der Waals surface area (Å²) in [5.41, 5.74) is 3.82. The molecule has 2 aliphatic heterocycles. The van der Waals surface area contributed by atoms with Crippen LogP contribution in [0.25, 0.3) is 22.1 Å². The number of aliphatic carboxylic acids is 1. The van der Waals surface area contributed by atoms with Crippen molar-refractivity contribution in [2.24, 2.45) is 11.8 Å². The molecule has 0 spiro atoms. The first-order chi connectivity index (χ1) is 27.5. The average molecular weight is 785 g/mol. The van der Waals surface area contributed by atoms with E-state index in [0.29, 0.717) is 60.6 Å². The third-order valence-corrected chi connectivity index (χ3v) is 9.75. The van der Waals surface area contributed by atoms with E-state index < -0.39 is 18.4 Å². The number of rotatable bonds is 12. The number of pyridine rings is 2. The van der Waals surface area contributed by atoms with Crippen molar-refractivity contribution in [1.82, 2.24) is 30.2 Å². The lowest BCUT2D eigenvalue weighted by molar-refractivity contribution is -0.136. The van der Waals surface area contributed by atoms with Crippen LogP contribution >= 0.6 is 0 Å². The molecule has 0 aromatic carbocycles. The van der Waals surface area contributed by atoms with Gasteiger partial charge >= 0.3 is 17.9 Å². The van der Waals surface area contributed by atoms with Crippen LogP contribution in [0.3, 0.4) is 0 Å². The van der Waals surface area contributed by atoms with Crippen molar-refractivity contribution in [3.8, 4) is 12.1 Å². The van der Waals surface area contributed by atoms with Crippen LogP contribution in [-0.2, 0) is 19.1 Å². The van der Waals surface area contributed by atoms with E-state index in [1.807, 2.05) is 38.2 Å². The molecule has 6 heterocycles. The summed E-state index contributed by atoms with van der Waals surface area (Å²) in [5.74, 6) is -1.13. The number of amides is 1. The lowest BCUT2D eigenvalue weighted by Gasteiger charge is -2.38. The fourth-order valence-corrected chi connectivity index (χ4v) is 6.47. The minimum atomic E-state index is -1.07. The zero-order chi connectivity index (χ0) is 41.3. The Bertz CT molecular complexity index is 2070. The number of aromatic amines is 2. The summed E-state index contributed by atoms with van der Waals surface area (Å²) in [6.07, 6.45) is 9.70. The van der Waals surface area contributed by atoms with Crippen LogP contribution in [0.15, 0.2) is 36.9 Å². The number of carbonyl (C=O) groups excluding carboxylic acids is 3. The van der Waals surface area contributed by atoms with Gasteiger partial charge in [0.25, 0.3) is 0 Å². The molecule has 0 saturated carbocycles. The normalized spacial score (nSPS) is 18.7. The van der Waals surface area contributed by atoms with Crippen LogP contribution in [0.2, 0.25) is 0 Å². The van der Waals surface area contributed by atoms with Crippen molar-refractivity contribution in [2.75, 3.05) is 50.0 Å². The molecule has 17 heteroatoms. The van der Waals surface area contributed by atoms with Crippen molar-refractivity contribution in [1.29, 1.82) is 10.5 Å². The number of nitrogens with one attached hydrogen (secondary N) is 5. The van der Waals surface area contributed by atoms with Crippen molar-refractivity contribution in [3.05, 3.63) is 48.0 Å². The molecule has 0 aliphatic carbocycles. The third kappa shape index (κ3) is 11.9. The highest BCUT2D eigenvalue weighted by atomic mass is 16.5. The highest BCUT2D eigenvalue weighted by Gasteiger charge is 2.31. The monoisotopic (exact) mass is 784 g/mol. The molecular formula is C40H52N10O7. The van der Waals surface area contributed by atoms with Crippen LogP contribution in [0.5, 0.6) is 0 Å². The van der Waals surface area contributed by atoms with Crippen molar-refractivity contribution >= 4 is 57.3 Å². The van der Waals surface area contributed by atoms with Gasteiger partial charge in [-0.2, -0.15) is 10.5 Å². The Hall–Kier alpha value is -6.20. The summed E-state index contributed by atoms with van der Waals surface area (Å²) < 4.78 is 10.6. The molecule has 0 unspecified atom stereocenters. The van der Waals surface area contributed by atoms with Crippen molar-refractivity contribution in [2.45, 2.75) is 78.3 Å². The molecule has 1 amide bonds. The number of carboxylic acids is 1. The predicted molar refractivity (Wildman–Crippen MR) is 213 cm³/mol. The van der Waals surface area contributed by atoms with Crippen LogP contribution < -0.4 is 16.0 Å². The van der Waals surface area contributed by atoms with Gasteiger partial charge in [-0.05, 0) is 56.2 Å². The number of anilines is 2. The van der Waals surface area contributed by atoms with Gasteiger partial charge in [-0.15, -0.1) is 0 Å². The maximum atomic E-state index is 12.6. The second-order valence-electron chi connectivity index (χ2n) is 14.0. The highest BCUT2D eigenvalue weighted by Crippen LogP contribution is 2.31. The number of esters is 2. The minimum Gasteiger partial charge on any atom is -0.480 e. The number of hydrogen-bond donors (Lipinski definition) is 6. The van der Waals surface area contributed by atoms with Crippen molar-refractivity contribution < 1.29 is 33.8 Å². The SMILES string of the molecule is CCCOC(=O)c1cnc2[nH]ccc2c1N[C@H]1CN(C(=O)CC#N)CC[C@H]1C.CCCOC(=O)c1cnc2[nH]ccc2c1N[C@H]1CNCC[C@H]1C.N#CCC(=O)O. The Kier molecular flexibility index (Phi) is 16.6. The molecule has 4 atom stereocenters. The summed E-state index contributed by atoms with van der Waals surface area (Å²) in [7, 11) is 0. The van der Waals surface area contributed by atoms with Crippen LogP contribution in [-0.4, -0.2) is 105 Å². The van der Waals surface area contributed by atoms with Crippen LogP contribution in [0.1, 0.15) is 86.9 Å². The first-order valence-corrected chi connectivity index (χ1v) is 19.3. The fourth-order valence-electron chi connectivity index (χ4n) is 6.47. The van der Waals surface area contributed by atoms with Gasteiger partial charge in [0, 0.05) is 67.3 Å². The number of H-pyrrole nitrogens is 2. The molecule has 2 aliphatic rings. The van der Waals surface area contributed by atoms with Gasteiger partial charge in [-0.1, -0.05) is 27.7 Å². The van der Waals surface area contributed by atoms with E-state index in [2.05, 4.69) is 49.7 Å². The average Bonchev–Trinajstić information content (AvgIpc) is 3.89. The summed E-state index contributed by atoms with van der Waals surface area (Å²) >= 11 is 0.